The third kappa shape index (κ3) is 32.7. The Balaban J connectivity index is 1.33. The van der Waals surface area contributed by atoms with Crippen LogP contribution in [0, 0.1) is 0 Å². The number of carboxylic acid groups (broad SMARTS) is 1. The van der Waals surface area contributed by atoms with Gasteiger partial charge < -0.3 is 79.6 Å². The van der Waals surface area contributed by atoms with Gasteiger partial charge in [0.2, 0.25) is 35.4 Å². The summed E-state index contributed by atoms with van der Waals surface area (Å²) >= 11 is 0. The number of benzene rings is 1. The maximum atomic E-state index is 12.9. The molecule has 0 fully saturated rings. The lowest BCUT2D eigenvalue weighted by atomic mass is 10.1. The van der Waals surface area contributed by atoms with E-state index >= 15 is 0 Å². The second kappa shape index (κ2) is 39.8. The zero-order valence-corrected chi connectivity index (χ0v) is 39.2. The number of carboxylic acids is 1. The molecule has 26 nitrogen and oxygen atoms in total. The summed E-state index contributed by atoms with van der Waals surface area (Å²) in [4.78, 5) is 108. The van der Waals surface area contributed by atoms with Crippen LogP contribution in [0.5, 0.6) is 0 Å². The molecule has 2 rings (SSSR count). The fourth-order valence-electron chi connectivity index (χ4n) is 5.46. The topological polar surface area (TPSA) is 332 Å². The Bertz CT molecular complexity index is 1740. The Labute approximate surface area is 405 Å². The van der Waals surface area contributed by atoms with Crippen molar-refractivity contribution in [3.05, 3.63) is 48.0 Å². The number of hydrogen-bond acceptors (Lipinski definition) is 18. The molecule has 1 heterocycles. The molecule has 1 aliphatic rings. The number of imide groups is 1. The van der Waals surface area contributed by atoms with E-state index in [0.29, 0.717) is 92.4 Å². The van der Waals surface area contributed by atoms with Gasteiger partial charge in [-0.05, 0) is 5.56 Å². The predicted molar refractivity (Wildman–Crippen MR) is 242 cm³/mol. The zero-order chi connectivity index (χ0) is 50.9. The first-order valence-electron chi connectivity index (χ1n) is 22.6. The van der Waals surface area contributed by atoms with Crippen LogP contribution in [0.2, 0.25) is 0 Å². The van der Waals surface area contributed by atoms with Crippen molar-refractivity contribution in [2.24, 2.45) is 0 Å². The van der Waals surface area contributed by atoms with E-state index in [4.69, 9.17) is 47.7 Å². The molecule has 0 saturated carbocycles. The fourth-order valence-corrected chi connectivity index (χ4v) is 5.46. The highest BCUT2D eigenvalue weighted by molar-refractivity contribution is 6.13. The van der Waals surface area contributed by atoms with E-state index in [2.05, 4.69) is 31.9 Å². The second-order valence-corrected chi connectivity index (χ2v) is 14.5. The number of carbonyl (C=O) groups is 9. The van der Waals surface area contributed by atoms with Crippen LogP contribution in [0.3, 0.4) is 0 Å². The first kappa shape index (κ1) is 60.2. The Kier molecular flexibility index (Phi) is 34.2. The van der Waals surface area contributed by atoms with E-state index < -0.39 is 79.6 Å². The summed E-state index contributed by atoms with van der Waals surface area (Å²) in [5.74, 6) is -5.43. The first-order chi connectivity index (χ1) is 33.9. The SMILES string of the molecule is O=C(O)COCNC(=O)CNC(=O)[C@@H](Cc1ccccc1)NC(=O)CNC(=O)CNC(=O)CCOCCOCCOCCOCCOCCOCCOCCOCCNC(=O)CCN1C(=O)C=CC1=O. The molecule has 0 unspecified atom stereocenters. The van der Waals surface area contributed by atoms with Gasteiger partial charge in [0.1, 0.15) is 19.4 Å². The van der Waals surface area contributed by atoms with Gasteiger partial charge in [-0.3, -0.25) is 43.3 Å². The zero-order valence-electron chi connectivity index (χ0n) is 39.2. The van der Waals surface area contributed by atoms with E-state index in [-0.39, 0.29) is 58.3 Å². The van der Waals surface area contributed by atoms with E-state index in [9.17, 15) is 43.2 Å². The summed E-state index contributed by atoms with van der Waals surface area (Å²) < 4.78 is 48.2. The molecule has 26 heteroatoms. The highest BCUT2D eigenvalue weighted by Crippen LogP contribution is 2.05. The van der Waals surface area contributed by atoms with Gasteiger partial charge in [0, 0.05) is 44.5 Å². The monoisotopic (exact) mass is 997 g/mol. The summed E-state index contributed by atoms with van der Waals surface area (Å²) in [7, 11) is 0. The Morgan fingerprint density at radius 3 is 1.46 bits per heavy atom. The molecule has 70 heavy (non-hydrogen) atoms. The predicted octanol–water partition coefficient (Wildman–Crippen LogP) is -3.81. The molecule has 0 spiro atoms. The molecule has 0 saturated heterocycles. The van der Waals surface area contributed by atoms with Gasteiger partial charge in [-0.2, -0.15) is 0 Å². The molecule has 0 radical (unpaired) electrons. The second-order valence-electron chi connectivity index (χ2n) is 14.5. The summed E-state index contributed by atoms with van der Waals surface area (Å²) in [6.07, 6.45) is 2.45. The van der Waals surface area contributed by atoms with Gasteiger partial charge in [-0.25, -0.2) is 4.79 Å². The van der Waals surface area contributed by atoms with E-state index in [1.807, 2.05) is 0 Å². The fraction of sp³-hybridized carbons (Fsp3) is 0.614. The van der Waals surface area contributed by atoms with Crippen LogP contribution < -0.4 is 31.9 Å². The van der Waals surface area contributed by atoms with Crippen LogP contribution in [-0.4, -0.2) is 221 Å². The van der Waals surface area contributed by atoms with Gasteiger partial charge in [-0.15, -0.1) is 0 Å². The van der Waals surface area contributed by atoms with Crippen molar-refractivity contribution < 1.29 is 90.9 Å². The molecule has 8 amide bonds. The van der Waals surface area contributed by atoms with Crippen molar-refractivity contribution in [3.8, 4) is 0 Å². The molecule has 0 bridgehead atoms. The van der Waals surface area contributed by atoms with Crippen LogP contribution in [0.25, 0.3) is 0 Å². The maximum Gasteiger partial charge on any atom is 0.329 e. The third-order valence-electron chi connectivity index (χ3n) is 8.96. The molecular weight excluding hydrogens is 931 g/mol. The van der Waals surface area contributed by atoms with Crippen LogP contribution >= 0.6 is 0 Å². The van der Waals surface area contributed by atoms with Crippen LogP contribution in [0.1, 0.15) is 18.4 Å². The molecular formula is C44H67N7O19. The number of nitrogens with one attached hydrogen (secondary N) is 6. The summed E-state index contributed by atoms with van der Waals surface area (Å²) in [5.41, 5.74) is 0.717. The number of carbonyl (C=O) groups excluding carboxylic acids is 8. The molecule has 1 atom stereocenters. The number of amides is 8. The Morgan fingerprint density at radius 1 is 0.486 bits per heavy atom. The van der Waals surface area contributed by atoms with Gasteiger partial charge in [0.05, 0.1) is 125 Å². The van der Waals surface area contributed by atoms with Crippen molar-refractivity contribution >= 4 is 53.2 Å². The molecule has 1 aromatic carbocycles. The Hall–Kier alpha value is -5.97. The first-order valence-corrected chi connectivity index (χ1v) is 22.6. The van der Waals surface area contributed by atoms with Gasteiger partial charge in [-0.1, -0.05) is 30.3 Å². The normalized spacial score (nSPS) is 12.4. The number of rotatable bonds is 44. The summed E-state index contributed by atoms with van der Waals surface area (Å²) in [6.45, 7) is 3.51. The molecule has 0 aromatic heterocycles. The van der Waals surface area contributed by atoms with E-state index in [1.54, 1.807) is 30.3 Å². The van der Waals surface area contributed by atoms with Crippen LogP contribution in [-0.2, 0) is 92.2 Å². The van der Waals surface area contributed by atoms with Gasteiger partial charge in [0.25, 0.3) is 11.8 Å². The number of aliphatic carboxylic acids is 1. The summed E-state index contributed by atoms with van der Waals surface area (Å²) in [5, 5.41) is 23.2. The number of ether oxygens (including phenoxy) is 9. The minimum absolute atomic E-state index is 0.0147. The van der Waals surface area contributed by atoms with Gasteiger partial charge >= 0.3 is 5.97 Å². The molecule has 392 valence electrons. The minimum atomic E-state index is -1.21. The van der Waals surface area contributed by atoms with Crippen molar-refractivity contribution in [1.29, 1.82) is 0 Å². The maximum absolute atomic E-state index is 12.9. The van der Waals surface area contributed by atoms with Crippen LogP contribution in [0.15, 0.2) is 42.5 Å². The molecule has 7 N–H and O–H groups in total. The van der Waals surface area contributed by atoms with Gasteiger partial charge in [0.15, 0.2) is 0 Å². The largest absolute Gasteiger partial charge is 0.480 e. The standard InChI is InChI=1S/C44H67N7O19/c52-36(8-11-51-41(57)6-7-42(51)58)45-10-13-63-15-17-65-19-21-67-23-25-69-27-26-68-24-22-66-20-18-64-16-14-62-12-9-37(53)46-29-38(54)47-31-40(56)50-35(28-34-4-2-1-3-5-34)44(61)48-30-39(55)49-33-70-32-43(59)60/h1-7,35H,8-33H2,(H,45,52)(H,46,53)(H,47,54)(H,48,61)(H,49,55)(H,50,56)(H,59,60)/t35-/m1/s1. The van der Waals surface area contributed by atoms with E-state index in [1.165, 1.54) is 12.2 Å². The highest BCUT2D eigenvalue weighted by atomic mass is 16.6. The molecule has 1 aromatic rings. The lowest BCUT2D eigenvalue weighted by molar-refractivity contribution is -0.143. The number of hydrogen-bond donors (Lipinski definition) is 7. The van der Waals surface area contributed by atoms with E-state index in [0.717, 1.165) is 10.5 Å². The third-order valence-corrected chi connectivity index (χ3v) is 8.96. The Morgan fingerprint density at radius 2 is 0.929 bits per heavy atom. The average Bonchev–Trinajstić information content (AvgIpc) is 3.67. The van der Waals surface area contributed by atoms with Crippen molar-refractivity contribution in [1.82, 2.24) is 36.8 Å². The van der Waals surface area contributed by atoms with Crippen molar-refractivity contribution in [2.45, 2.75) is 25.3 Å². The van der Waals surface area contributed by atoms with Crippen molar-refractivity contribution in [3.63, 3.8) is 0 Å². The van der Waals surface area contributed by atoms with Crippen LogP contribution in [0.4, 0.5) is 0 Å². The highest BCUT2D eigenvalue weighted by Gasteiger charge is 2.24. The average molecular weight is 998 g/mol. The van der Waals surface area contributed by atoms with Crippen molar-refractivity contribution in [2.75, 3.05) is 152 Å². The summed E-state index contributed by atoms with van der Waals surface area (Å²) in [6, 6.07) is 7.67. The lowest BCUT2D eigenvalue weighted by Crippen LogP contribution is -2.52. The number of nitrogens with zero attached hydrogens (tertiary/aromatic N) is 1. The quantitative estimate of drug-likeness (QED) is 0.0187. The molecule has 0 aliphatic carbocycles. The molecule has 1 aliphatic heterocycles. The lowest BCUT2D eigenvalue weighted by Gasteiger charge is -2.19. The minimum Gasteiger partial charge on any atom is -0.480 e. The smallest absolute Gasteiger partial charge is 0.329 e.